The van der Waals surface area contributed by atoms with E-state index >= 15 is 0 Å². The molecular weight excluding hydrogens is 390 g/mol. The van der Waals surface area contributed by atoms with E-state index < -0.39 is 9.04 Å². The number of likely N-dealkylation sites (tertiary alicyclic amines) is 1. The number of nitrogens with zero attached hydrogens (tertiary/aromatic N) is 3. The Morgan fingerprint density at radius 1 is 1.46 bits per heavy atom. The van der Waals surface area contributed by atoms with Gasteiger partial charge in [0, 0.05) is 29.5 Å². The molecule has 0 spiro atoms. The van der Waals surface area contributed by atoms with Crippen molar-refractivity contribution in [2.45, 2.75) is 59.0 Å². The Morgan fingerprint density at radius 2 is 2.21 bits per heavy atom. The third-order valence-corrected chi connectivity index (χ3v) is 7.07. The molecule has 3 atom stereocenters. The molecule has 1 aliphatic heterocycles. The van der Waals surface area contributed by atoms with E-state index in [-0.39, 0.29) is 36.3 Å². The van der Waals surface area contributed by atoms with Crippen LogP contribution in [0.25, 0.3) is 4.83 Å². The van der Waals surface area contributed by atoms with Crippen LogP contribution in [0.1, 0.15) is 32.1 Å². The zero-order valence-electron chi connectivity index (χ0n) is 17.4. The maximum Gasteiger partial charge on any atom is 0.412 e. The molecule has 1 saturated heterocycles. The summed E-state index contributed by atoms with van der Waals surface area (Å²) in [7, 11) is -1.35. The van der Waals surface area contributed by atoms with Gasteiger partial charge in [-0.3, -0.25) is 9.30 Å². The van der Waals surface area contributed by atoms with Gasteiger partial charge in [0.2, 0.25) is 0 Å². The van der Waals surface area contributed by atoms with Crippen LogP contribution in [0.5, 0.6) is 0 Å². The number of ether oxygens (including phenoxy) is 1. The second kappa shape index (κ2) is 8.38. The maximum atomic E-state index is 13.0. The van der Waals surface area contributed by atoms with E-state index in [1.807, 2.05) is 21.8 Å². The van der Waals surface area contributed by atoms with Crippen molar-refractivity contribution in [2.75, 3.05) is 6.61 Å². The maximum absolute atomic E-state index is 13.0. The summed E-state index contributed by atoms with van der Waals surface area (Å²) in [5, 5.41) is 0. The smallest absolute Gasteiger partial charge is 0.412 e. The van der Waals surface area contributed by atoms with Gasteiger partial charge in [-0.2, -0.15) is 0 Å². The van der Waals surface area contributed by atoms with Crippen molar-refractivity contribution in [3.05, 3.63) is 36.3 Å². The summed E-state index contributed by atoms with van der Waals surface area (Å²) in [5.74, 6) is 0.260. The first-order chi connectivity index (χ1) is 13.2. The Morgan fingerprint density at radius 3 is 2.82 bits per heavy atom. The second-order valence-corrected chi connectivity index (χ2v) is 12.3. The molecule has 6 nitrogen and oxygen atoms in total. The molecule has 1 amide bonds. The van der Waals surface area contributed by atoms with Crippen molar-refractivity contribution in [3.8, 4) is 0 Å². The van der Waals surface area contributed by atoms with E-state index in [1.54, 1.807) is 17.4 Å². The summed E-state index contributed by atoms with van der Waals surface area (Å²) < 4.78 is 13.9. The lowest BCUT2D eigenvalue weighted by Crippen LogP contribution is -2.47. The highest BCUT2D eigenvalue weighted by molar-refractivity contribution is 7.17. The van der Waals surface area contributed by atoms with Gasteiger partial charge in [0.25, 0.3) is 0 Å². The molecule has 154 valence electrons. The monoisotopic (exact) mass is 421 g/mol. The number of amides is 1. The van der Waals surface area contributed by atoms with Crippen molar-refractivity contribution < 1.29 is 14.0 Å². The Labute approximate surface area is 172 Å². The van der Waals surface area contributed by atoms with Crippen molar-refractivity contribution in [3.63, 3.8) is 0 Å². The number of carbonyl (C=O) groups is 1. The molecule has 0 aliphatic carbocycles. The number of aromatic nitrogens is 2. The van der Waals surface area contributed by atoms with Gasteiger partial charge in [-0.15, -0.1) is 11.3 Å². The summed E-state index contributed by atoms with van der Waals surface area (Å²) in [6.07, 6.45) is 8.56. The lowest BCUT2D eigenvalue weighted by molar-refractivity contribution is -0.0130. The molecule has 2 aromatic heterocycles. The Bertz CT molecular complexity index is 798. The number of hydrogen-bond donors (Lipinski definition) is 0. The SMILES string of the molecule is C=CCOC(=O)N1C(O[SiH](C)C)[C@@H](C(C)(C)C)C[C@H]1Cc1cn2cncc2s1. The summed E-state index contributed by atoms with van der Waals surface area (Å²) in [4.78, 5) is 21.3. The van der Waals surface area contributed by atoms with Crippen LogP contribution >= 0.6 is 11.3 Å². The first kappa shape index (κ1) is 21.1. The highest BCUT2D eigenvalue weighted by atomic mass is 32.1. The average Bonchev–Trinajstić information content (AvgIpc) is 3.25. The third kappa shape index (κ3) is 4.50. The quantitative estimate of drug-likeness (QED) is 0.515. The molecule has 0 radical (unpaired) electrons. The lowest BCUT2D eigenvalue weighted by Gasteiger charge is -2.36. The highest BCUT2D eigenvalue weighted by Gasteiger charge is 2.49. The lowest BCUT2D eigenvalue weighted by atomic mass is 9.78. The third-order valence-electron chi connectivity index (χ3n) is 5.18. The Hall–Kier alpha value is -1.64. The van der Waals surface area contributed by atoms with E-state index in [1.165, 1.54) is 4.88 Å². The average molecular weight is 422 g/mol. The standard InChI is InChI=1S/C20H31N3O3SSi/c1-7-8-25-19(24)23-14(9-15-12-22-13-21-11-17(22)27-15)10-16(20(2,3)4)18(23)26-28(5)6/h7,11-14,16,18,28H,1,8-10H2,2-6H3/t14-,16+,18?/m1/s1. The topological polar surface area (TPSA) is 56.1 Å². The van der Waals surface area contributed by atoms with E-state index in [0.717, 1.165) is 17.7 Å². The molecule has 1 unspecified atom stereocenters. The number of carbonyl (C=O) groups excluding carboxylic acids is 1. The van der Waals surface area contributed by atoms with Crippen LogP contribution in [0.2, 0.25) is 13.1 Å². The first-order valence-electron chi connectivity index (χ1n) is 9.82. The summed E-state index contributed by atoms with van der Waals surface area (Å²) >= 11 is 1.72. The van der Waals surface area contributed by atoms with Gasteiger partial charge in [0.1, 0.15) is 17.7 Å². The number of rotatable bonds is 6. The zero-order valence-corrected chi connectivity index (χ0v) is 19.4. The van der Waals surface area contributed by atoms with Crippen molar-refractivity contribution in [1.82, 2.24) is 14.3 Å². The van der Waals surface area contributed by atoms with E-state index in [2.05, 4.69) is 51.6 Å². The minimum Gasteiger partial charge on any atom is -0.445 e. The van der Waals surface area contributed by atoms with E-state index in [0.29, 0.717) is 0 Å². The molecule has 1 aliphatic rings. The normalized spacial score (nSPS) is 22.9. The van der Waals surface area contributed by atoms with Crippen LogP contribution < -0.4 is 0 Å². The van der Waals surface area contributed by atoms with E-state index in [9.17, 15) is 4.79 Å². The molecule has 3 rings (SSSR count). The fourth-order valence-corrected chi connectivity index (χ4v) is 5.80. The molecule has 2 aromatic rings. The van der Waals surface area contributed by atoms with Gasteiger partial charge in [-0.05, 0) is 24.9 Å². The molecule has 8 heteroatoms. The van der Waals surface area contributed by atoms with Crippen LogP contribution in [-0.2, 0) is 15.6 Å². The van der Waals surface area contributed by atoms with Crippen LogP contribution in [-0.4, -0.2) is 48.3 Å². The van der Waals surface area contributed by atoms with E-state index in [4.69, 9.17) is 9.16 Å². The molecule has 3 heterocycles. The molecule has 0 saturated carbocycles. The summed E-state index contributed by atoms with van der Waals surface area (Å²) in [6, 6.07) is 0.0515. The first-order valence-corrected chi connectivity index (χ1v) is 13.4. The van der Waals surface area contributed by atoms with Gasteiger partial charge >= 0.3 is 6.09 Å². The Kier molecular flexibility index (Phi) is 6.31. The van der Waals surface area contributed by atoms with Crippen LogP contribution in [0, 0.1) is 11.3 Å². The zero-order chi connectivity index (χ0) is 20.5. The molecule has 0 N–H and O–H groups in total. The molecule has 28 heavy (non-hydrogen) atoms. The van der Waals surface area contributed by atoms with Crippen LogP contribution in [0.15, 0.2) is 31.4 Å². The highest BCUT2D eigenvalue weighted by Crippen LogP contribution is 2.43. The summed E-state index contributed by atoms with van der Waals surface area (Å²) in [6.45, 7) is 14.9. The molecular formula is C20H31N3O3SSi. The van der Waals surface area contributed by atoms with Gasteiger partial charge in [-0.25, -0.2) is 9.78 Å². The van der Waals surface area contributed by atoms with Crippen molar-refractivity contribution in [1.29, 1.82) is 0 Å². The molecule has 0 bridgehead atoms. The molecule has 1 fully saturated rings. The second-order valence-electron chi connectivity index (χ2n) is 8.75. The van der Waals surface area contributed by atoms with Gasteiger partial charge < -0.3 is 9.16 Å². The fourth-order valence-electron chi connectivity index (χ4n) is 3.90. The van der Waals surface area contributed by atoms with Gasteiger partial charge in [0.15, 0.2) is 9.04 Å². The fraction of sp³-hybridized carbons (Fsp3) is 0.600. The Balaban J connectivity index is 1.90. The number of fused-ring (bicyclic) bond motifs is 1. The van der Waals surface area contributed by atoms with Crippen molar-refractivity contribution >= 4 is 31.3 Å². The minimum absolute atomic E-state index is 0.0338. The van der Waals surface area contributed by atoms with Gasteiger partial charge in [0.05, 0.1) is 12.5 Å². The predicted molar refractivity (Wildman–Crippen MR) is 115 cm³/mol. The number of thiazole rings is 1. The largest absolute Gasteiger partial charge is 0.445 e. The summed E-state index contributed by atoms with van der Waals surface area (Å²) in [5.41, 5.74) is 0.0338. The van der Waals surface area contributed by atoms with Crippen molar-refractivity contribution in [2.24, 2.45) is 11.3 Å². The van der Waals surface area contributed by atoms with Gasteiger partial charge in [-0.1, -0.05) is 33.4 Å². The van der Waals surface area contributed by atoms with Crippen LogP contribution in [0.3, 0.4) is 0 Å². The number of imidazole rings is 1. The van der Waals surface area contributed by atoms with Crippen LogP contribution in [0.4, 0.5) is 4.79 Å². The number of hydrogen-bond acceptors (Lipinski definition) is 5. The molecule has 0 aromatic carbocycles. The predicted octanol–water partition coefficient (Wildman–Crippen LogP) is 4.32. The minimum atomic E-state index is -1.35.